The third-order valence-corrected chi connectivity index (χ3v) is 8.17. The Kier molecular flexibility index (Phi) is 10.3. The van der Waals surface area contributed by atoms with Crippen LogP contribution in [0.1, 0.15) is 23.8 Å². The molecule has 0 aliphatic rings. The lowest BCUT2D eigenvalue weighted by Crippen LogP contribution is -2.43. The van der Waals surface area contributed by atoms with Crippen LogP contribution in [0.4, 0.5) is 10.1 Å². The highest BCUT2D eigenvalue weighted by Gasteiger charge is 2.28. The number of sulfonamides is 1. The van der Waals surface area contributed by atoms with Crippen molar-refractivity contribution in [3.05, 3.63) is 82.3 Å². The SMILES string of the molecule is COCCCN(CC(=O)N(Cc1ccc(F)cc1)Cc1cccs1)S(=O)(=O)c1ccc(NC(C)=O)cc1. The molecular weight excluding hydrogens is 517 g/mol. The van der Waals surface area contributed by atoms with Crippen LogP contribution in [-0.4, -0.2) is 56.2 Å². The zero-order chi connectivity index (χ0) is 26.8. The highest BCUT2D eigenvalue weighted by Crippen LogP contribution is 2.21. The van der Waals surface area contributed by atoms with Gasteiger partial charge in [-0.25, -0.2) is 12.8 Å². The van der Waals surface area contributed by atoms with Gasteiger partial charge in [0.1, 0.15) is 5.82 Å². The zero-order valence-electron chi connectivity index (χ0n) is 20.7. The number of hydrogen-bond donors (Lipinski definition) is 1. The van der Waals surface area contributed by atoms with Crippen molar-refractivity contribution in [2.75, 3.05) is 32.1 Å². The highest BCUT2D eigenvalue weighted by atomic mass is 32.2. The van der Waals surface area contributed by atoms with Gasteiger partial charge in [0.2, 0.25) is 21.8 Å². The summed E-state index contributed by atoms with van der Waals surface area (Å²) in [5.41, 5.74) is 1.20. The molecule has 0 aliphatic heterocycles. The average molecular weight is 548 g/mol. The summed E-state index contributed by atoms with van der Waals surface area (Å²) in [6.45, 7) is 1.91. The molecular formula is C26H30FN3O5S2. The van der Waals surface area contributed by atoms with Gasteiger partial charge < -0.3 is 15.0 Å². The predicted molar refractivity (Wildman–Crippen MR) is 141 cm³/mol. The Labute approximate surface area is 220 Å². The average Bonchev–Trinajstić information content (AvgIpc) is 3.37. The van der Waals surface area contributed by atoms with E-state index < -0.39 is 10.0 Å². The van der Waals surface area contributed by atoms with Crippen LogP contribution in [0, 0.1) is 5.82 Å². The predicted octanol–water partition coefficient (Wildman–Crippen LogP) is 4.10. The molecule has 11 heteroatoms. The molecule has 0 saturated heterocycles. The zero-order valence-corrected chi connectivity index (χ0v) is 22.4. The van der Waals surface area contributed by atoms with Crippen LogP contribution < -0.4 is 5.32 Å². The van der Waals surface area contributed by atoms with Crippen LogP contribution in [0.3, 0.4) is 0 Å². The third kappa shape index (κ3) is 8.46. The van der Waals surface area contributed by atoms with Gasteiger partial charge in [-0.05, 0) is 59.8 Å². The summed E-state index contributed by atoms with van der Waals surface area (Å²) in [6.07, 6.45) is 0.399. The Hall–Kier alpha value is -3.12. The fourth-order valence-electron chi connectivity index (χ4n) is 3.62. The first-order chi connectivity index (χ1) is 17.7. The Balaban J connectivity index is 1.84. The number of nitrogens with zero attached hydrogens (tertiary/aromatic N) is 2. The molecule has 8 nitrogen and oxygen atoms in total. The number of thiophene rings is 1. The Morgan fingerprint density at radius 1 is 1.03 bits per heavy atom. The number of nitrogens with one attached hydrogen (secondary N) is 1. The lowest BCUT2D eigenvalue weighted by Gasteiger charge is -2.27. The molecule has 1 N–H and O–H groups in total. The summed E-state index contributed by atoms with van der Waals surface area (Å²) >= 11 is 1.49. The first-order valence-corrected chi connectivity index (χ1v) is 13.9. The normalized spacial score (nSPS) is 11.5. The van der Waals surface area contributed by atoms with E-state index in [9.17, 15) is 22.4 Å². The number of halogens is 1. The molecule has 0 spiro atoms. The molecule has 0 aliphatic carbocycles. The maximum absolute atomic E-state index is 13.5. The van der Waals surface area contributed by atoms with E-state index in [1.54, 1.807) is 17.0 Å². The number of hydrogen-bond acceptors (Lipinski definition) is 6. The fourth-order valence-corrected chi connectivity index (χ4v) is 5.76. The third-order valence-electron chi connectivity index (χ3n) is 5.45. The van der Waals surface area contributed by atoms with E-state index >= 15 is 0 Å². The molecule has 0 bridgehead atoms. The van der Waals surface area contributed by atoms with Crippen molar-refractivity contribution >= 4 is 38.9 Å². The summed E-state index contributed by atoms with van der Waals surface area (Å²) in [5.74, 6) is -1.03. The number of anilines is 1. The van der Waals surface area contributed by atoms with Gasteiger partial charge >= 0.3 is 0 Å². The van der Waals surface area contributed by atoms with Gasteiger partial charge in [-0.1, -0.05) is 18.2 Å². The van der Waals surface area contributed by atoms with Gasteiger partial charge in [0.25, 0.3) is 0 Å². The van der Waals surface area contributed by atoms with Crippen molar-refractivity contribution in [2.24, 2.45) is 0 Å². The second kappa shape index (κ2) is 13.4. The molecule has 3 rings (SSSR count). The van der Waals surface area contributed by atoms with Crippen LogP contribution >= 0.6 is 11.3 Å². The minimum atomic E-state index is -4.03. The molecule has 3 aromatic rings. The van der Waals surface area contributed by atoms with E-state index in [1.807, 2.05) is 17.5 Å². The number of ether oxygens (including phenoxy) is 1. The Morgan fingerprint density at radius 3 is 2.32 bits per heavy atom. The van der Waals surface area contributed by atoms with E-state index in [0.717, 1.165) is 14.7 Å². The van der Waals surface area contributed by atoms with Crippen molar-refractivity contribution in [2.45, 2.75) is 31.3 Å². The fraction of sp³-hybridized carbons (Fsp3) is 0.308. The summed E-state index contributed by atoms with van der Waals surface area (Å²) in [6, 6.07) is 15.5. The van der Waals surface area contributed by atoms with E-state index in [1.165, 1.54) is 61.8 Å². The van der Waals surface area contributed by atoms with Crippen molar-refractivity contribution in [3.8, 4) is 0 Å². The molecule has 37 heavy (non-hydrogen) atoms. The molecule has 0 unspecified atom stereocenters. The summed E-state index contributed by atoms with van der Waals surface area (Å²) in [4.78, 5) is 27.3. The van der Waals surface area contributed by atoms with E-state index in [0.29, 0.717) is 25.3 Å². The largest absolute Gasteiger partial charge is 0.385 e. The Morgan fingerprint density at radius 2 is 1.73 bits per heavy atom. The number of carbonyl (C=O) groups excluding carboxylic acids is 2. The molecule has 0 radical (unpaired) electrons. The van der Waals surface area contributed by atoms with Gasteiger partial charge in [-0.2, -0.15) is 4.31 Å². The Bertz CT molecular complexity index is 1260. The molecule has 2 aromatic carbocycles. The lowest BCUT2D eigenvalue weighted by atomic mass is 10.2. The van der Waals surface area contributed by atoms with Crippen molar-refractivity contribution in [1.29, 1.82) is 0 Å². The summed E-state index contributed by atoms with van der Waals surface area (Å²) in [7, 11) is -2.50. The summed E-state index contributed by atoms with van der Waals surface area (Å²) in [5, 5.41) is 4.51. The van der Waals surface area contributed by atoms with Gasteiger partial charge in [0.05, 0.1) is 18.0 Å². The first-order valence-electron chi connectivity index (χ1n) is 11.6. The van der Waals surface area contributed by atoms with Crippen LogP contribution in [0.25, 0.3) is 0 Å². The smallest absolute Gasteiger partial charge is 0.243 e. The van der Waals surface area contributed by atoms with Gasteiger partial charge in [-0.3, -0.25) is 9.59 Å². The summed E-state index contributed by atoms with van der Waals surface area (Å²) < 4.78 is 46.7. The topological polar surface area (TPSA) is 96.0 Å². The molecule has 0 fully saturated rings. The second-order valence-corrected chi connectivity index (χ2v) is 11.3. The van der Waals surface area contributed by atoms with Crippen LogP contribution in [0.2, 0.25) is 0 Å². The van der Waals surface area contributed by atoms with Gasteiger partial charge in [0.15, 0.2) is 0 Å². The molecule has 1 aromatic heterocycles. The highest BCUT2D eigenvalue weighted by molar-refractivity contribution is 7.89. The standard InChI is InChI=1S/C26H30FN3O5S2/c1-20(31)28-23-10-12-25(13-11-23)37(33,34)30(14-4-15-35-2)19-26(32)29(18-24-5-3-16-36-24)17-21-6-8-22(27)9-7-21/h3,5-13,16H,4,14-15,17-19H2,1-2H3,(H,28,31). The van der Waals surface area contributed by atoms with Crippen molar-refractivity contribution < 1.29 is 27.1 Å². The molecule has 2 amide bonds. The number of rotatable bonds is 13. The van der Waals surface area contributed by atoms with E-state index in [-0.39, 0.29) is 42.2 Å². The van der Waals surface area contributed by atoms with Crippen LogP contribution in [0.5, 0.6) is 0 Å². The lowest BCUT2D eigenvalue weighted by molar-refractivity contribution is -0.132. The molecule has 1 heterocycles. The van der Waals surface area contributed by atoms with Crippen molar-refractivity contribution in [3.63, 3.8) is 0 Å². The quantitative estimate of drug-likeness (QED) is 0.325. The maximum atomic E-state index is 13.5. The minimum Gasteiger partial charge on any atom is -0.385 e. The van der Waals surface area contributed by atoms with Gasteiger partial charge in [0, 0.05) is 44.3 Å². The monoisotopic (exact) mass is 547 g/mol. The van der Waals surface area contributed by atoms with E-state index in [4.69, 9.17) is 4.74 Å². The first kappa shape index (κ1) is 28.5. The van der Waals surface area contributed by atoms with Crippen molar-refractivity contribution in [1.82, 2.24) is 9.21 Å². The maximum Gasteiger partial charge on any atom is 0.243 e. The molecule has 198 valence electrons. The number of carbonyl (C=O) groups is 2. The minimum absolute atomic E-state index is 0.00941. The van der Waals surface area contributed by atoms with Crippen LogP contribution in [-0.2, 0) is 37.4 Å². The molecule has 0 saturated carbocycles. The van der Waals surface area contributed by atoms with E-state index in [2.05, 4.69) is 5.32 Å². The number of amides is 2. The van der Waals surface area contributed by atoms with Gasteiger partial charge in [-0.15, -0.1) is 11.3 Å². The number of methoxy groups -OCH3 is 1. The van der Waals surface area contributed by atoms with Crippen LogP contribution in [0.15, 0.2) is 70.9 Å². The number of benzene rings is 2. The second-order valence-electron chi connectivity index (χ2n) is 8.35. The molecule has 0 atom stereocenters.